The maximum absolute atomic E-state index is 13.7. The number of hydrogen-bond acceptors (Lipinski definition) is 17. The first-order chi connectivity index (χ1) is 25.2. The van der Waals surface area contributed by atoms with Crippen LogP contribution in [0.5, 0.6) is 0 Å². The Morgan fingerprint density at radius 3 is 0.982 bits per heavy atom. The number of alkyl halides is 1. The first kappa shape index (κ1) is 53.3. The van der Waals surface area contributed by atoms with E-state index < -0.39 is 122 Å². The summed E-state index contributed by atoms with van der Waals surface area (Å²) >= 11 is 0. The van der Waals surface area contributed by atoms with Crippen LogP contribution in [0.2, 0.25) is 0 Å². The van der Waals surface area contributed by atoms with Gasteiger partial charge in [-0.1, -0.05) is 83.1 Å². The molecular weight excluding hydrogens is 747 g/mol. The quantitative estimate of drug-likeness (QED) is 0.140. The highest BCUT2D eigenvalue weighted by atomic mass is 19.1. The molecule has 4 aliphatic heterocycles. The molecule has 13 N–H and O–H groups in total. The minimum Gasteiger partial charge on any atom is -0.394 e. The standard InChI is InChI=1S/C10H19FO4.C10H20O5.2C9H18O4/c1-10(2,3)9-6(11)8(14)7(13)5(4-12)15-9;1-10(2,3)9-8(14)7(13)6(12)5(4-11)15-9;2*1-9(2,3)8-7(12)6(11)5(10)4-13-8/h5-9,12-14H,4H2,1-3H3;5-9,11-14H,4H2,1-3H3;2*5-8,10-12H,4H2,1-3H3/t5?,6?,7-,8-,9-;5?,6-,7+,8?,9-;2*5-,6+,7?,8-/m1111/s1. The highest BCUT2D eigenvalue weighted by Crippen LogP contribution is 2.36. The van der Waals surface area contributed by atoms with E-state index in [9.17, 15) is 60.6 Å². The zero-order valence-electron chi connectivity index (χ0n) is 35.0. The third-order valence-corrected chi connectivity index (χ3v) is 10.2. The minimum absolute atomic E-state index is 0.0835. The second-order valence-electron chi connectivity index (χ2n) is 19.5. The van der Waals surface area contributed by atoms with Crippen LogP contribution >= 0.6 is 0 Å². The molecule has 0 aromatic heterocycles. The predicted molar refractivity (Wildman–Crippen MR) is 200 cm³/mol. The van der Waals surface area contributed by atoms with Gasteiger partial charge in [-0.05, 0) is 21.7 Å². The van der Waals surface area contributed by atoms with Crippen LogP contribution in [-0.2, 0) is 18.9 Å². The highest BCUT2D eigenvalue weighted by Gasteiger charge is 2.50. The zero-order valence-corrected chi connectivity index (χ0v) is 35.0. The van der Waals surface area contributed by atoms with Gasteiger partial charge in [0.2, 0.25) is 0 Å². The molecule has 0 aliphatic carbocycles. The van der Waals surface area contributed by atoms with Crippen LogP contribution < -0.4 is 0 Å². The molecule has 4 aliphatic rings. The Morgan fingerprint density at radius 2 is 0.679 bits per heavy atom. The third-order valence-electron chi connectivity index (χ3n) is 10.2. The maximum atomic E-state index is 13.7. The molecule has 336 valence electrons. The molecular formula is C38H75FO17. The van der Waals surface area contributed by atoms with Crippen molar-refractivity contribution in [3.63, 3.8) is 0 Å². The van der Waals surface area contributed by atoms with E-state index in [1.165, 1.54) is 0 Å². The molecule has 4 saturated heterocycles. The Morgan fingerprint density at radius 1 is 0.393 bits per heavy atom. The normalized spacial score (nSPS) is 42.5. The van der Waals surface area contributed by atoms with E-state index in [1.807, 2.05) is 62.3 Å². The van der Waals surface area contributed by atoms with Gasteiger partial charge in [0.15, 0.2) is 6.17 Å². The summed E-state index contributed by atoms with van der Waals surface area (Å²) in [6, 6.07) is 0. The van der Waals surface area contributed by atoms with Crippen LogP contribution in [0.4, 0.5) is 4.39 Å². The van der Waals surface area contributed by atoms with Crippen molar-refractivity contribution in [3.05, 3.63) is 0 Å². The molecule has 0 aromatic rings. The average Bonchev–Trinajstić information content (AvgIpc) is 3.06. The monoisotopic (exact) mass is 822 g/mol. The van der Waals surface area contributed by atoms with Gasteiger partial charge in [-0.15, -0.1) is 0 Å². The van der Waals surface area contributed by atoms with Crippen molar-refractivity contribution in [2.45, 2.75) is 193 Å². The van der Waals surface area contributed by atoms with E-state index in [4.69, 9.17) is 29.2 Å². The lowest BCUT2D eigenvalue weighted by Crippen LogP contribution is -2.61. The second-order valence-corrected chi connectivity index (χ2v) is 19.5. The summed E-state index contributed by atoms with van der Waals surface area (Å²) in [6.45, 7) is 21.8. The maximum Gasteiger partial charge on any atom is 0.155 e. The smallest absolute Gasteiger partial charge is 0.155 e. The molecule has 0 spiro atoms. The topological polar surface area (TPSA) is 300 Å². The fourth-order valence-electron chi connectivity index (χ4n) is 6.72. The Kier molecular flexibility index (Phi) is 20.1. The summed E-state index contributed by atoms with van der Waals surface area (Å²) in [5.74, 6) is 0. The fraction of sp³-hybridized carbons (Fsp3) is 1.00. The molecule has 0 bridgehead atoms. The van der Waals surface area contributed by atoms with Gasteiger partial charge in [-0.3, -0.25) is 0 Å². The molecule has 18 heteroatoms. The van der Waals surface area contributed by atoms with Crippen LogP contribution in [0.15, 0.2) is 0 Å². The van der Waals surface area contributed by atoms with E-state index in [0.29, 0.717) is 0 Å². The Hall–Kier alpha value is -0.750. The van der Waals surface area contributed by atoms with Crippen molar-refractivity contribution < 1.29 is 89.7 Å². The van der Waals surface area contributed by atoms with E-state index in [1.54, 1.807) is 20.8 Å². The average molecular weight is 823 g/mol. The largest absolute Gasteiger partial charge is 0.394 e. The summed E-state index contributed by atoms with van der Waals surface area (Å²) in [4.78, 5) is 0. The van der Waals surface area contributed by atoms with Gasteiger partial charge in [0.1, 0.15) is 79.4 Å². The first-order valence-electron chi connectivity index (χ1n) is 19.1. The SMILES string of the molecule is CC(C)(C)[C@@H]1OC(CO)[C@@H](O)[C@H](O)C1F.CC(C)(C)[C@@H]1OC(CO)[C@@H](O)[C@H](O)C1O.CC(C)(C)[C@@H]1OC[C@@H](O)[C@H](O)C1O.CC(C)(C)[C@@H]1OC[C@@H](O)[C@H](O)C1O. The molecule has 0 radical (unpaired) electrons. The van der Waals surface area contributed by atoms with Gasteiger partial charge < -0.3 is 85.3 Å². The number of aliphatic hydroxyl groups is 13. The van der Waals surface area contributed by atoms with Gasteiger partial charge in [-0.25, -0.2) is 4.39 Å². The molecule has 0 amide bonds. The first-order valence-corrected chi connectivity index (χ1v) is 19.1. The Balaban J connectivity index is 0.000000374. The van der Waals surface area contributed by atoms with Crippen molar-refractivity contribution in [1.29, 1.82) is 0 Å². The van der Waals surface area contributed by atoms with Gasteiger partial charge >= 0.3 is 0 Å². The van der Waals surface area contributed by atoms with Gasteiger partial charge in [0.05, 0.1) is 50.8 Å². The number of rotatable bonds is 2. The van der Waals surface area contributed by atoms with E-state index in [-0.39, 0.29) is 36.1 Å². The van der Waals surface area contributed by atoms with Crippen molar-refractivity contribution in [2.75, 3.05) is 26.4 Å². The van der Waals surface area contributed by atoms with Crippen LogP contribution in [0, 0.1) is 21.7 Å². The predicted octanol–water partition coefficient (Wildman–Crippen LogP) is -2.24. The molecule has 4 rings (SSSR count). The van der Waals surface area contributed by atoms with Gasteiger partial charge in [0.25, 0.3) is 0 Å². The molecule has 17 nitrogen and oxygen atoms in total. The Bertz CT molecular complexity index is 1030. The lowest BCUT2D eigenvalue weighted by molar-refractivity contribution is -0.250. The summed E-state index contributed by atoms with van der Waals surface area (Å²) in [5, 5.41) is 122. The molecule has 6 unspecified atom stereocenters. The number of hydrogen-bond donors (Lipinski definition) is 13. The number of ether oxygens (including phenoxy) is 4. The lowest BCUT2D eigenvalue weighted by Gasteiger charge is -2.45. The summed E-state index contributed by atoms with van der Waals surface area (Å²) in [5.41, 5.74) is -1.33. The Labute approximate surface area is 330 Å². The molecule has 0 aromatic carbocycles. The fourth-order valence-corrected chi connectivity index (χ4v) is 6.72. The zero-order chi connectivity index (χ0) is 44.0. The van der Waals surface area contributed by atoms with Crippen molar-refractivity contribution in [3.8, 4) is 0 Å². The molecule has 56 heavy (non-hydrogen) atoms. The van der Waals surface area contributed by atoms with E-state index >= 15 is 0 Å². The van der Waals surface area contributed by atoms with Crippen LogP contribution in [-0.4, -0.2) is 203 Å². The van der Waals surface area contributed by atoms with Crippen molar-refractivity contribution in [1.82, 2.24) is 0 Å². The molecule has 4 heterocycles. The van der Waals surface area contributed by atoms with Crippen LogP contribution in [0.3, 0.4) is 0 Å². The van der Waals surface area contributed by atoms with E-state index in [0.717, 1.165) is 0 Å². The van der Waals surface area contributed by atoms with Gasteiger partial charge in [-0.2, -0.15) is 0 Å². The molecule has 18 atom stereocenters. The number of aliphatic hydroxyl groups excluding tert-OH is 13. The molecule has 4 fully saturated rings. The summed E-state index contributed by atoms with van der Waals surface area (Å²) in [6.07, 6.45) is -18.4. The van der Waals surface area contributed by atoms with Crippen LogP contribution in [0.25, 0.3) is 0 Å². The summed E-state index contributed by atoms with van der Waals surface area (Å²) < 4.78 is 34.9. The lowest BCUT2D eigenvalue weighted by atomic mass is 9.80. The van der Waals surface area contributed by atoms with E-state index in [2.05, 4.69) is 0 Å². The second kappa shape index (κ2) is 21.2. The molecule has 0 saturated carbocycles. The van der Waals surface area contributed by atoms with Gasteiger partial charge in [0, 0.05) is 0 Å². The minimum atomic E-state index is -1.64. The van der Waals surface area contributed by atoms with Crippen molar-refractivity contribution in [2.24, 2.45) is 21.7 Å². The third kappa shape index (κ3) is 14.2. The number of halogens is 1. The van der Waals surface area contributed by atoms with Crippen LogP contribution in [0.1, 0.15) is 83.1 Å². The highest BCUT2D eigenvalue weighted by molar-refractivity contribution is 4.98. The summed E-state index contributed by atoms with van der Waals surface area (Å²) in [7, 11) is 0. The van der Waals surface area contributed by atoms with Crippen molar-refractivity contribution >= 4 is 0 Å².